The molecule has 0 aromatic heterocycles. The zero-order chi connectivity index (χ0) is 8.29. The molecule has 64 valence electrons. The summed E-state index contributed by atoms with van der Waals surface area (Å²) in [7, 11) is 0. The number of ether oxygens (including phenoxy) is 1. The maximum absolute atomic E-state index is 11.2. The van der Waals surface area contributed by atoms with Gasteiger partial charge in [0.1, 0.15) is 0 Å². The maximum Gasteiger partial charge on any atom is 0.317 e. The molecule has 0 unspecified atom stereocenters. The summed E-state index contributed by atoms with van der Waals surface area (Å²) < 4.78 is 4.63. The van der Waals surface area contributed by atoms with Gasteiger partial charge in [-0.3, -0.25) is 9.59 Å². The maximum atomic E-state index is 11.2. The summed E-state index contributed by atoms with van der Waals surface area (Å²) in [6.45, 7) is 0. The number of carbonyl (C=O) groups excluding carboxylic acids is 2. The number of hydrogen-bond donors (Lipinski definition) is 0. The Kier molecular flexibility index (Phi) is 1.05. The zero-order valence-corrected chi connectivity index (χ0v) is 6.66. The molecule has 3 aliphatic rings. The molecular weight excluding hydrogens is 156 g/mol. The first-order valence-electron chi connectivity index (χ1n) is 4.53. The molecule has 1 aliphatic heterocycles. The van der Waals surface area contributed by atoms with Crippen molar-refractivity contribution in [3.8, 4) is 0 Å². The van der Waals surface area contributed by atoms with Crippen molar-refractivity contribution in [3.63, 3.8) is 0 Å². The first-order valence-corrected chi connectivity index (χ1v) is 4.53. The number of rotatable bonds is 0. The summed E-state index contributed by atoms with van der Waals surface area (Å²) in [6.07, 6.45) is 3.32. The molecule has 1 saturated heterocycles. The van der Waals surface area contributed by atoms with Crippen LogP contribution in [0.3, 0.4) is 0 Å². The van der Waals surface area contributed by atoms with Crippen LogP contribution in [0.2, 0.25) is 0 Å². The van der Waals surface area contributed by atoms with Gasteiger partial charge < -0.3 is 4.74 Å². The molecule has 0 aromatic carbocycles. The first kappa shape index (κ1) is 6.63. The Morgan fingerprint density at radius 2 is 1.50 bits per heavy atom. The average Bonchev–Trinajstić information content (AvgIpc) is 2.64. The molecule has 0 N–H and O–H groups in total. The van der Waals surface area contributed by atoms with E-state index in [1.165, 1.54) is 0 Å². The van der Waals surface area contributed by atoms with Crippen molar-refractivity contribution in [2.24, 2.45) is 23.7 Å². The number of carbonyl (C=O) groups is 2. The Balaban J connectivity index is 2.03. The SMILES string of the molecule is O=C1OC(=O)[C@@H]2[C@H]3CC[C@@H](C3)[C@@H]12. The summed E-state index contributed by atoms with van der Waals surface area (Å²) in [5.74, 6) is 0.291. The highest BCUT2D eigenvalue weighted by Gasteiger charge is 2.59. The van der Waals surface area contributed by atoms with Crippen LogP contribution in [0.15, 0.2) is 0 Å². The highest BCUT2D eigenvalue weighted by molar-refractivity contribution is 5.97. The molecule has 12 heavy (non-hydrogen) atoms. The lowest BCUT2D eigenvalue weighted by Gasteiger charge is -2.17. The van der Waals surface area contributed by atoms with E-state index in [0.717, 1.165) is 19.3 Å². The fraction of sp³-hybridized carbons (Fsp3) is 0.778. The van der Waals surface area contributed by atoms with Crippen molar-refractivity contribution in [3.05, 3.63) is 0 Å². The zero-order valence-electron chi connectivity index (χ0n) is 6.66. The topological polar surface area (TPSA) is 43.4 Å². The Bertz CT molecular complexity index is 245. The number of fused-ring (bicyclic) bond motifs is 5. The molecule has 2 saturated carbocycles. The molecule has 0 aromatic rings. The molecule has 2 aliphatic carbocycles. The summed E-state index contributed by atoms with van der Waals surface area (Å²) >= 11 is 0. The molecule has 0 radical (unpaired) electrons. The fourth-order valence-corrected chi connectivity index (χ4v) is 3.20. The summed E-state index contributed by atoms with van der Waals surface area (Å²) in [4.78, 5) is 22.4. The highest BCUT2D eigenvalue weighted by Crippen LogP contribution is 2.55. The first-order chi connectivity index (χ1) is 5.77. The minimum Gasteiger partial charge on any atom is -0.393 e. The fourth-order valence-electron chi connectivity index (χ4n) is 3.20. The van der Waals surface area contributed by atoms with Gasteiger partial charge in [0.15, 0.2) is 0 Å². The van der Waals surface area contributed by atoms with Crippen molar-refractivity contribution >= 4 is 11.9 Å². The smallest absolute Gasteiger partial charge is 0.317 e. The molecule has 3 fully saturated rings. The van der Waals surface area contributed by atoms with E-state index in [9.17, 15) is 9.59 Å². The van der Waals surface area contributed by atoms with Gasteiger partial charge in [0.2, 0.25) is 0 Å². The van der Waals surface area contributed by atoms with Crippen molar-refractivity contribution in [1.29, 1.82) is 0 Å². The van der Waals surface area contributed by atoms with Gasteiger partial charge in [-0.05, 0) is 31.1 Å². The van der Waals surface area contributed by atoms with Crippen molar-refractivity contribution in [2.75, 3.05) is 0 Å². The van der Waals surface area contributed by atoms with E-state index in [1.54, 1.807) is 0 Å². The third-order valence-corrected chi connectivity index (χ3v) is 3.66. The molecule has 1 heterocycles. The van der Waals surface area contributed by atoms with Crippen LogP contribution in [-0.4, -0.2) is 11.9 Å². The van der Waals surface area contributed by atoms with Gasteiger partial charge in [0, 0.05) is 0 Å². The molecular formula is C9H10O3. The number of hydrogen-bond acceptors (Lipinski definition) is 3. The third kappa shape index (κ3) is 0.586. The van der Waals surface area contributed by atoms with E-state index in [0.29, 0.717) is 11.8 Å². The third-order valence-electron chi connectivity index (χ3n) is 3.66. The van der Waals surface area contributed by atoms with Gasteiger partial charge in [-0.1, -0.05) is 0 Å². The van der Waals surface area contributed by atoms with Crippen molar-refractivity contribution < 1.29 is 14.3 Å². The lowest BCUT2D eigenvalue weighted by Crippen LogP contribution is -2.24. The second kappa shape index (κ2) is 1.90. The van der Waals surface area contributed by atoms with Gasteiger partial charge in [-0.2, -0.15) is 0 Å². The van der Waals surface area contributed by atoms with E-state index >= 15 is 0 Å². The van der Waals surface area contributed by atoms with Gasteiger partial charge >= 0.3 is 11.9 Å². The second-order valence-corrected chi connectivity index (χ2v) is 4.12. The predicted octanol–water partition coefficient (Wildman–Crippen LogP) is 0.732. The lowest BCUT2D eigenvalue weighted by atomic mass is 9.81. The molecule has 0 amide bonds. The molecule has 0 spiro atoms. The van der Waals surface area contributed by atoms with Gasteiger partial charge in [0.25, 0.3) is 0 Å². The molecule has 3 nitrogen and oxygen atoms in total. The van der Waals surface area contributed by atoms with E-state index < -0.39 is 0 Å². The highest BCUT2D eigenvalue weighted by atomic mass is 16.6. The normalized spacial score (nSPS) is 49.7. The quantitative estimate of drug-likeness (QED) is 0.393. The Labute approximate surface area is 70.1 Å². The standard InChI is InChI=1S/C9H10O3/c10-8-6-4-1-2-5(3-4)7(6)9(11)12-8/h4-7H,1-3H2/t4-,5-,6+,7+/m0/s1. The van der Waals surface area contributed by atoms with Gasteiger partial charge in [0.05, 0.1) is 11.8 Å². The Hall–Kier alpha value is -0.860. The summed E-state index contributed by atoms with van der Waals surface area (Å²) in [5.41, 5.74) is 0. The molecule has 2 bridgehead atoms. The minimum atomic E-state index is -0.253. The van der Waals surface area contributed by atoms with Crippen LogP contribution in [0, 0.1) is 23.7 Å². The van der Waals surface area contributed by atoms with Crippen LogP contribution in [0.1, 0.15) is 19.3 Å². The minimum absolute atomic E-state index is 0.0590. The summed E-state index contributed by atoms with van der Waals surface area (Å²) in [6, 6.07) is 0. The van der Waals surface area contributed by atoms with Crippen LogP contribution in [0.25, 0.3) is 0 Å². The predicted molar refractivity (Wildman–Crippen MR) is 38.9 cm³/mol. The van der Waals surface area contributed by atoms with Crippen LogP contribution in [-0.2, 0) is 14.3 Å². The summed E-state index contributed by atoms with van der Waals surface area (Å²) in [5, 5.41) is 0. The van der Waals surface area contributed by atoms with Gasteiger partial charge in [-0.15, -0.1) is 0 Å². The molecule has 3 heteroatoms. The van der Waals surface area contributed by atoms with Crippen LogP contribution < -0.4 is 0 Å². The number of esters is 2. The largest absolute Gasteiger partial charge is 0.393 e. The number of cyclic esters (lactones) is 2. The Morgan fingerprint density at radius 1 is 1.00 bits per heavy atom. The van der Waals surface area contributed by atoms with Gasteiger partial charge in [-0.25, -0.2) is 0 Å². The second-order valence-electron chi connectivity index (χ2n) is 4.12. The van der Waals surface area contributed by atoms with Crippen LogP contribution >= 0.6 is 0 Å². The van der Waals surface area contributed by atoms with E-state index in [2.05, 4.69) is 4.74 Å². The van der Waals surface area contributed by atoms with Crippen molar-refractivity contribution in [2.45, 2.75) is 19.3 Å². The lowest BCUT2D eigenvalue weighted by molar-refractivity contribution is -0.154. The van der Waals surface area contributed by atoms with Crippen LogP contribution in [0.4, 0.5) is 0 Å². The molecule has 4 atom stereocenters. The van der Waals surface area contributed by atoms with E-state index in [-0.39, 0.29) is 23.8 Å². The monoisotopic (exact) mass is 166 g/mol. The van der Waals surface area contributed by atoms with Crippen LogP contribution in [0.5, 0.6) is 0 Å². The van der Waals surface area contributed by atoms with Crippen molar-refractivity contribution in [1.82, 2.24) is 0 Å². The van der Waals surface area contributed by atoms with E-state index in [1.807, 2.05) is 0 Å². The molecule has 3 rings (SSSR count). The average molecular weight is 166 g/mol. The van der Waals surface area contributed by atoms with E-state index in [4.69, 9.17) is 0 Å². The Morgan fingerprint density at radius 3 is 2.00 bits per heavy atom.